The fraction of sp³-hybridized carbons (Fsp3) is 0.0588. The van der Waals surface area contributed by atoms with Crippen LogP contribution in [0.1, 0.15) is 11.1 Å². The Hall–Kier alpha value is -2.85. The number of hydrogen-bond donors (Lipinski definition) is 1. The predicted molar refractivity (Wildman–Crippen MR) is 85.5 cm³/mol. The first-order chi connectivity index (χ1) is 11.4. The van der Waals surface area contributed by atoms with E-state index in [1.54, 1.807) is 23.6 Å². The summed E-state index contributed by atoms with van der Waals surface area (Å²) < 4.78 is 39.8. The van der Waals surface area contributed by atoms with E-state index >= 15 is 0 Å². The smallest absolute Gasteiger partial charge is 0.320 e. The summed E-state index contributed by atoms with van der Waals surface area (Å²) in [6, 6.07) is 11.5. The number of pyridine rings is 1. The molecule has 0 amide bonds. The molecule has 3 rings (SSSR count). The largest absolute Gasteiger partial charge is 0.417 e. The van der Waals surface area contributed by atoms with Crippen molar-refractivity contribution in [2.75, 3.05) is 0 Å². The zero-order valence-corrected chi connectivity index (χ0v) is 12.8. The Balaban J connectivity index is 2.33. The molecule has 0 unspecified atom stereocenters. The second kappa shape index (κ2) is 5.98. The van der Waals surface area contributed by atoms with Crippen LogP contribution >= 0.6 is 11.3 Å². The van der Waals surface area contributed by atoms with Gasteiger partial charge < -0.3 is 4.98 Å². The van der Waals surface area contributed by atoms with Crippen LogP contribution in [0, 0.1) is 11.3 Å². The van der Waals surface area contributed by atoms with E-state index in [0.29, 0.717) is 10.6 Å². The van der Waals surface area contributed by atoms with Crippen LogP contribution in [-0.4, -0.2) is 4.98 Å². The third-order valence-electron chi connectivity index (χ3n) is 3.45. The molecule has 1 N–H and O–H groups in total. The normalized spacial score (nSPS) is 11.2. The molecule has 3 nitrogen and oxygen atoms in total. The maximum atomic E-state index is 13.3. The van der Waals surface area contributed by atoms with E-state index in [1.807, 2.05) is 0 Å². The lowest BCUT2D eigenvalue weighted by Gasteiger charge is -2.14. The van der Waals surface area contributed by atoms with Crippen molar-refractivity contribution in [3.8, 4) is 27.8 Å². The number of halogens is 3. The van der Waals surface area contributed by atoms with E-state index in [1.165, 1.54) is 35.6 Å². The fourth-order valence-corrected chi connectivity index (χ4v) is 3.11. The van der Waals surface area contributed by atoms with Gasteiger partial charge in [0.2, 0.25) is 0 Å². The molecule has 7 heteroatoms. The number of thiophene rings is 1. The first kappa shape index (κ1) is 16.0. The second-order valence-corrected chi connectivity index (χ2v) is 5.88. The highest BCUT2D eigenvalue weighted by Gasteiger charge is 2.34. The van der Waals surface area contributed by atoms with Gasteiger partial charge in [-0.15, -0.1) is 11.3 Å². The molecule has 0 atom stereocenters. The summed E-state index contributed by atoms with van der Waals surface area (Å²) in [5.41, 5.74) is -1.78. The molecule has 0 fully saturated rings. The minimum atomic E-state index is -4.59. The summed E-state index contributed by atoms with van der Waals surface area (Å²) in [6.45, 7) is 0. The number of nitriles is 1. The number of benzene rings is 1. The van der Waals surface area contributed by atoms with Gasteiger partial charge in [-0.3, -0.25) is 4.79 Å². The first-order valence-electron chi connectivity index (χ1n) is 6.79. The number of hydrogen-bond acceptors (Lipinski definition) is 3. The Labute approximate surface area is 138 Å². The summed E-state index contributed by atoms with van der Waals surface area (Å²) in [4.78, 5) is 15.4. The Morgan fingerprint density at radius 2 is 1.83 bits per heavy atom. The van der Waals surface area contributed by atoms with Crippen LogP contribution in [-0.2, 0) is 6.18 Å². The molecular formula is C17H9F3N2OS. The lowest BCUT2D eigenvalue weighted by Crippen LogP contribution is -2.14. The quantitative estimate of drug-likeness (QED) is 0.734. The van der Waals surface area contributed by atoms with Gasteiger partial charge in [-0.2, -0.15) is 18.4 Å². The third kappa shape index (κ3) is 2.84. The topological polar surface area (TPSA) is 56.6 Å². The number of aromatic amines is 1. The molecule has 0 spiro atoms. The highest BCUT2D eigenvalue weighted by Crippen LogP contribution is 2.38. The third-order valence-corrected chi connectivity index (χ3v) is 4.36. The lowest BCUT2D eigenvalue weighted by atomic mass is 9.95. The van der Waals surface area contributed by atoms with Crippen molar-refractivity contribution in [1.82, 2.24) is 4.98 Å². The average molecular weight is 346 g/mol. The van der Waals surface area contributed by atoms with Crippen molar-refractivity contribution in [2.45, 2.75) is 6.18 Å². The first-order valence-corrected chi connectivity index (χ1v) is 7.67. The molecular weight excluding hydrogens is 337 g/mol. The van der Waals surface area contributed by atoms with E-state index < -0.39 is 17.3 Å². The Morgan fingerprint density at radius 3 is 2.46 bits per heavy atom. The van der Waals surface area contributed by atoms with E-state index in [0.717, 1.165) is 6.07 Å². The molecule has 0 saturated carbocycles. The van der Waals surface area contributed by atoms with E-state index in [9.17, 15) is 23.2 Å². The maximum Gasteiger partial charge on any atom is 0.417 e. The SMILES string of the molecule is N#Cc1c(-c2ccccc2C(F)(F)F)cc(-c2cccs2)[nH]c1=O. The molecule has 0 saturated heterocycles. The number of nitrogens with zero attached hydrogens (tertiary/aromatic N) is 1. The minimum Gasteiger partial charge on any atom is -0.320 e. The fourth-order valence-electron chi connectivity index (χ4n) is 2.41. The van der Waals surface area contributed by atoms with Crippen LogP contribution in [0.25, 0.3) is 21.7 Å². The van der Waals surface area contributed by atoms with Gasteiger partial charge in [0.15, 0.2) is 0 Å². The number of nitrogens with one attached hydrogen (secondary N) is 1. The molecule has 0 bridgehead atoms. The molecule has 2 heterocycles. The highest BCUT2D eigenvalue weighted by atomic mass is 32.1. The molecule has 0 aliphatic carbocycles. The van der Waals surface area contributed by atoms with Gasteiger partial charge >= 0.3 is 6.18 Å². The van der Waals surface area contributed by atoms with E-state index in [4.69, 9.17) is 0 Å². The molecule has 120 valence electrons. The minimum absolute atomic E-state index is 0.0300. The number of alkyl halides is 3. The standard InChI is InChI=1S/C17H9F3N2OS/c18-17(19,20)13-5-2-1-4-10(13)11-8-14(15-6-3-7-24-15)22-16(23)12(11)9-21/h1-8H,(H,22,23). The van der Waals surface area contributed by atoms with Crippen LogP contribution in [0.5, 0.6) is 0 Å². The summed E-state index contributed by atoms with van der Waals surface area (Å²) in [7, 11) is 0. The van der Waals surface area contributed by atoms with Gasteiger partial charge in [-0.1, -0.05) is 24.3 Å². The van der Waals surface area contributed by atoms with Crippen LogP contribution in [0.3, 0.4) is 0 Å². The Kier molecular flexibility index (Phi) is 3.99. The van der Waals surface area contributed by atoms with Crippen LogP contribution in [0.4, 0.5) is 13.2 Å². The van der Waals surface area contributed by atoms with Crippen LogP contribution < -0.4 is 5.56 Å². The summed E-state index contributed by atoms with van der Waals surface area (Å²) >= 11 is 1.34. The van der Waals surface area contributed by atoms with E-state index in [-0.39, 0.29) is 16.7 Å². The molecule has 24 heavy (non-hydrogen) atoms. The van der Waals surface area contributed by atoms with Crippen LogP contribution in [0.2, 0.25) is 0 Å². The summed E-state index contributed by atoms with van der Waals surface area (Å²) in [5.74, 6) is 0. The average Bonchev–Trinajstić information content (AvgIpc) is 3.08. The maximum absolute atomic E-state index is 13.3. The Morgan fingerprint density at radius 1 is 1.08 bits per heavy atom. The number of rotatable bonds is 2. The Bertz CT molecular complexity index is 982. The van der Waals surface area contributed by atoms with Crippen molar-refractivity contribution in [2.24, 2.45) is 0 Å². The van der Waals surface area contributed by atoms with Crippen molar-refractivity contribution >= 4 is 11.3 Å². The van der Waals surface area contributed by atoms with Gasteiger partial charge in [-0.25, -0.2) is 0 Å². The van der Waals surface area contributed by atoms with Gasteiger partial charge in [0, 0.05) is 5.56 Å². The lowest BCUT2D eigenvalue weighted by molar-refractivity contribution is -0.137. The monoisotopic (exact) mass is 346 g/mol. The van der Waals surface area contributed by atoms with Crippen molar-refractivity contribution in [1.29, 1.82) is 5.26 Å². The second-order valence-electron chi connectivity index (χ2n) is 4.93. The van der Waals surface area contributed by atoms with Crippen molar-refractivity contribution in [3.63, 3.8) is 0 Å². The van der Waals surface area contributed by atoms with Crippen molar-refractivity contribution < 1.29 is 13.2 Å². The number of aromatic nitrogens is 1. The molecule has 3 aromatic rings. The van der Waals surface area contributed by atoms with Gasteiger partial charge in [0.25, 0.3) is 5.56 Å². The highest BCUT2D eigenvalue weighted by molar-refractivity contribution is 7.13. The van der Waals surface area contributed by atoms with Crippen molar-refractivity contribution in [3.05, 3.63) is 69.3 Å². The van der Waals surface area contributed by atoms with Gasteiger partial charge in [0.05, 0.1) is 16.1 Å². The molecule has 1 aromatic carbocycles. The molecule has 2 aromatic heterocycles. The number of H-pyrrole nitrogens is 1. The molecule has 0 aliphatic rings. The molecule has 0 aliphatic heterocycles. The predicted octanol–water partition coefficient (Wildman–Crippen LogP) is 4.66. The zero-order valence-electron chi connectivity index (χ0n) is 12.0. The zero-order chi connectivity index (χ0) is 17.3. The van der Waals surface area contributed by atoms with Crippen LogP contribution in [0.15, 0.2) is 52.6 Å². The molecule has 0 radical (unpaired) electrons. The van der Waals surface area contributed by atoms with E-state index in [2.05, 4.69) is 4.98 Å². The van der Waals surface area contributed by atoms with Gasteiger partial charge in [0.1, 0.15) is 11.6 Å². The summed E-state index contributed by atoms with van der Waals surface area (Å²) in [5, 5.41) is 11.0. The van der Waals surface area contributed by atoms with Gasteiger partial charge in [-0.05, 0) is 29.1 Å². The summed E-state index contributed by atoms with van der Waals surface area (Å²) in [6.07, 6.45) is -4.59.